The lowest BCUT2D eigenvalue weighted by Crippen LogP contribution is -2.37. The predicted molar refractivity (Wildman–Crippen MR) is 65.9 cm³/mol. The molecule has 0 saturated heterocycles. The van der Waals surface area contributed by atoms with Crippen molar-refractivity contribution in [2.24, 2.45) is 5.41 Å². The van der Waals surface area contributed by atoms with E-state index in [4.69, 9.17) is 5.11 Å². The summed E-state index contributed by atoms with van der Waals surface area (Å²) >= 11 is 0. The first-order valence-electron chi connectivity index (χ1n) is 5.34. The number of rotatable bonds is 4. The Kier molecular flexibility index (Phi) is 3.58. The zero-order valence-corrected chi connectivity index (χ0v) is 10.3. The van der Waals surface area contributed by atoms with Gasteiger partial charge in [-0.15, -0.1) is 0 Å². The lowest BCUT2D eigenvalue weighted by molar-refractivity contribution is -0.146. The third kappa shape index (κ3) is 2.99. The van der Waals surface area contributed by atoms with Gasteiger partial charge in [-0.3, -0.25) is 4.79 Å². The van der Waals surface area contributed by atoms with E-state index in [-0.39, 0.29) is 0 Å². The van der Waals surface area contributed by atoms with Gasteiger partial charge in [0.1, 0.15) is 0 Å². The molecule has 0 aliphatic carbocycles. The number of nitrogens with zero attached hydrogens (tertiary/aromatic N) is 1. The summed E-state index contributed by atoms with van der Waals surface area (Å²) in [6.07, 6.45) is 0. The maximum absolute atomic E-state index is 11.0. The van der Waals surface area contributed by atoms with Crippen LogP contribution < -0.4 is 4.90 Å². The van der Waals surface area contributed by atoms with Gasteiger partial charge in [0.05, 0.1) is 5.41 Å². The molecule has 1 aromatic rings. The Morgan fingerprint density at radius 3 is 2.56 bits per heavy atom. The van der Waals surface area contributed by atoms with Gasteiger partial charge in [0.15, 0.2) is 0 Å². The molecule has 3 heteroatoms. The first-order chi connectivity index (χ1) is 7.33. The summed E-state index contributed by atoms with van der Waals surface area (Å²) in [5.41, 5.74) is 1.49. The predicted octanol–water partition coefficient (Wildman–Crippen LogP) is 2.54. The Hall–Kier alpha value is -1.51. The lowest BCUT2D eigenvalue weighted by Gasteiger charge is -2.28. The molecule has 0 atom stereocenters. The van der Waals surface area contributed by atoms with Gasteiger partial charge in [0, 0.05) is 19.3 Å². The largest absolute Gasteiger partial charge is 0.481 e. The average Bonchev–Trinajstić information content (AvgIpc) is 2.16. The van der Waals surface area contributed by atoms with Crippen molar-refractivity contribution in [2.75, 3.05) is 18.5 Å². The molecule has 0 heterocycles. The van der Waals surface area contributed by atoms with Crippen molar-refractivity contribution in [1.29, 1.82) is 0 Å². The maximum Gasteiger partial charge on any atom is 0.310 e. The van der Waals surface area contributed by atoms with Crippen molar-refractivity contribution < 1.29 is 9.90 Å². The fraction of sp³-hybridized carbons (Fsp3) is 0.462. The molecule has 0 radical (unpaired) electrons. The second-order valence-corrected chi connectivity index (χ2v) is 4.88. The van der Waals surface area contributed by atoms with Gasteiger partial charge in [-0.25, -0.2) is 0 Å². The lowest BCUT2D eigenvalue weighted by atomic mass is 9.93. The van der Waals surface area contributed by atoms with Crippen molar-refractivity contribution in [3.63, 3.8) is 0 Å². The standard InChI is InChI=1S/C13H19NO2/c1-10-6-5-7-11(8-10)14(4)9-13(2,3)12(15)16/h5-8H,9H2,1-4H3,(H,15,16). The number of aryl methyl sites for hydroxylation is 1. The van der Waals surface area contributed by atoms with Crippen LogP contribution in [0.25, 0.3) is 0 Å². The number of hydrogen-bond acceptors (Lipinski definition) is 2. The number of carbonyl (C=O) groups is 1. The van der Waals surface area contributed by atoms with Gasteiger partial charge < -0.3 is 10.0 Å². The SMILES string of the molecule is Cc1cccc(N(C)CC(C)(C)C(=O)O)c1. The van der Waals surface area contributed by atoms with E-state index in [1.54, 1.807) is 13.8 Å². The summed E-state index contributed by atoms with van der Waals surface area (Å²) in [5, 5.41) is 9.06. The second-order valence-electron chi connectivity index (χ2n) is 4.88. The highest BCUT2D eigenvalue weighted by atomic mass is 16.4. The van der Waals surface area contributed by atoms with E-state index in [0.29, 0.717) is 6.54 Å². The molecule has 0 spiro atoms. The molecular formula is C13H19NO2. The molecule has 1 N–H and O–H groups in total. The van der Waals surface area contributed by atoms with E-state index in [9.17, 15) is 4.79 Å². The van der Waals surface area contributed by atoms with Crippen LogP contribution in [0, 0.1) is 12.3 Å². The third-order valence-corrected chi connectivity index (χ3v) is 2.65. The molecule has 0 bridgehead atoms. The highest BCUT2D eigenvalue weighted by molar-refractivity contribution is 5.74. The van der Waals surface area contributed by atoms with Gasteiger partial charge in [-0.2, -0.15) is 0 Å². The van der Waals surface area contributed by atoms with Crippen LogP contribution in [0.5, 0.6) is 0 Å². The van der Waals surface area contributed by atoms with E-state index < -0.39 is 11.4 Å². The van der Waals surface area contributed by atoms with Crippen LogP contribution in [-0.2, 0) is 4.79 Å². The number of benzene rings is 1. The minimum Gasteiger partial charge on any atom is -0.481 e. The first-order valence-corrected chi connectivity index (χ1v) is 5.34. The van der Waals surface area contributed by atoms with Crippen LogP contribution in [0.1, 0.15) is 19.4 Å². The fourth-order valence-corrected chi connectivity index (χ4v) is 1.62. The molecule has 88 valence electrons. The van der Waals surface area contributed by atoms with Crippen LogP contribution in [0.3, 0.4) is 0 Å². The Balaban J connectivity index is 2.80. The topological polar surface area (TPSA) is 40.5 Å². The van der Waals surface area contributed by atoms with Gasteiger partial charge in [-0.1, -0.05) is 12.1 Å². The molecule has 1 rings (SSSR count). The smallest absolute Gasteiger partial charge is 0.310 e. The molecule has 0 aromatic heterocycles. The maximum atomic E-state index is 11.0. The number of anilines is 1. The van der Waals surface area contributed by atoms with Crippen molar-refractivity contribution >= 4 is 11.7 Å². The fourth-order valence-electron chi connectivity index (χ4n) is 1.62. The summed E-state index contributed by atoms with van der Waals surface area (Å²) in [5.74, 6) is -0.771. The summed E-state index contributed by atoms with van der Waals surface area (Å²) in [6, 6.07) is 8.05. The number of carboxylic acid groups (broad SMARTS) is 1. The minimum atomic E-state index is -0.771. The quantitative estimate of drug-likeness (QED) is 0.849. The zero-order valence-electron chi connectivity index (χ0n) is 10.3. The Labute approximate surface area is 96.7 Å². The minimum absolute atomic E-state index is 0.492. The normalized spacial score (nSPS) is 11.2. The van der Waals surface area contributed by atoms with Crippen LogP contribution in [-0.4, -0.2) is 24.7 Å². The van der Waals surface area contributed by atoms with E-state index in [2.05, 4.69) is 6.07 Å². The van der Waals surface area contributed by atoms with Gasteiger partial charge in [0.2, 0.25) is 0 Å². The third-order valence-electron chi connectivity index (χ3n) is 2.65. The monoisotopic (exact) mass is 221 g/mol. The van der Waals surface area contributed by atoms with Crippen LogP contribution in [0.2, 0.25) is 0 Å². The molecule has 0 aliphatic heterocycles. The van der Waals surface area contributed by atoms with Crippen molar-refractivity contribution in [3.8, 4) is 0 Å². The van der Waals surface area contributed by atoms with Crippen molar-refractivity contribution in [1.82, 2.24) is 0 Å². The van der Waals surface area contributed by atoms with E-state index in [1.165, 1.54) is 5.56 Å². The van der Waals surface area contributed by atoms with Crippen molar-refractivity contribution in [3.05, 3.63) is 29.8 Å². The van der Waals surface area contributed by atoms with Gasteiger partial charge >= 0.3 is 5.97 Å². The highest BCUT2D eigenvalue weighted by Gasteiger charge is 2.28. The summed E-state index contributed by atoms with van der Waals surface area (Å²) in [6.45, 7) is 5.99. The molecule has 0 saturated carbocycles. The van der Waals surface area contributed by atoms with Crippen LogP contribution in [0.15, 0.2) is 24.3 Å². The van der Waals surface area contributed by atoms with Gasteiger partial charge in [0.25, 0.3) is 0 Å². The molecule has 0 unspecified atom stereocenters. The van der Waals surface area contributed by atoms with Crippen LogP contribution in [0.4, 0.5) is 5.69 Å². The van der Waals surface area contributed by atoms with E-state index in [0.717, 1.165) is 5.69 Å². The second kappa shape index (κ2) is 4.56. The number of hydrogen-bond donors (Lipinski definition) is 1. The van der Waals surface area contributed by atoms with E-state index in [1.807, 2.05) is 37.1 Å². The number of aliphatic carboxylic acids is 1. The molecule has 0 fully saturated rings. The first kappa shape index (κ1) is 12.6. The molecular weight excluding hydrogens is 202 g/mol. The highest BCUT2D eigenvalue weighted by Crippen LogP contribution is 2.21. The molecule has 1 aromatic carbocycles. The Morgan fingerprint density at radius 2 is 2.06 bits per heavy atom. The molecule has 3 nitrogen and oxygen atoms in total. The zero-order chi connectivity index (χ0) is 12.3. The van der Waals surface area contributed by atoms with Gasteiger partial charge in [-0.05, 0) is 38.5 Å². The Morgan fingerprint density at radius 1 is 1.44 bits per heavy atom. The van der Waals surface area contributed by atoms with E-state index >= 15 is 0 Å². The summed E-state index contributed by atoms with van der Waals surface area (Å²) in [4.78, 5) is 13.0. The molecule has 0 aliphatic rings. The van der Waals surface area contributed by atoms with Crippen molar-refractivity contribution in [2.45, 2.75) is 20.8 Å². The summed E-state index contributed by atoms with van der Waals surface area (Å²) in [7, 11) is 1.92. The Bertz CT molecular complexity index is 385. The van der Waals surface area contributed by atoms with Crippen LogP contribution >= 0.6 is 0 Å². The molecule has 0 amide bonds. The molecule has 16 heavy (non-hydrogen) atoms. The average molecular weight is 221 g/mol. The number of carboxylic acids is 1. The summed E-state index contributed by atoms with van der Waals surface area (Å²) < 4.78 is 0.